The average Bonchev–Trinajstić information content (AvgIpc) is 2.85. The van der Waals surface area contributed by atoms with Gasteiger partial charge in [-0.25, -0.2) is 0 Å². The average molecular weight is 387 g/mol. The highest BCUT2D eigenvalue weighted by atomic mass is 127. The lowest BCUT2D eigenvalue weighted by molar-refractivity contribution is 0.534. The molecule has 0 radical (unpaired) electrons. The van der Waals surface area contributed by atoms with E-state index in [1.54, 1.807) is 7.05 Å². The van der Waals surface area contributed by atoms with E-state index in [-0.39, 0.29) is 24.0 Å². The Labute approximate surface area is 137 Å². The number of aliphatic imine (C=N–C) groups is 1. The topological polar surface area (TPSA) is 49.6 Å². The van der Waals surface area contributed by atoms with E-state index in [4.69, 9.17) is 4.42 Å². The van der Waals surface area contributed by atoms with E-state index in [0.29, 0.717) is 12.6 Å². The number of halogens is 1. The Morgan fingerprint density at radius 3 is 2.75 bits per heavy atom. The molecule has 2 aromatic rings. The maximum Gasteiger partial charge on any atom is 0.191 e. The zero-order valence-electron chi connectivity index (χ0n) is 12.1. The van der Waals surface area contributed by atoms with Crippen LogP contribution in [0.2, 0.25) is 0 Å². The van der Waals surface area contributed by atoms with E-state index in [1.165, 1.54) is 0 Å². The number of para-hydroxylation sites is 1. The van der Waals surface area contributed by atoms with E-state index in [9.17, 15) is 0 Å². The fourth-order valence-corrected chi connectivity index (χ4v) is 1.82. The highest BCUT2D eigenvalue weighted by Crippen LogP contribution is 2.18. The first kappa shape index (κ1) is 16.8. The van der Waals surface area contributed by atoms with Gasteiger partial charge >= 0.3 is 0 Å². The number of nitrogens with one attached hydrogen (secondary N) is 2. The lowest BCUT2D eigenvalue weighted by Crippen LogP contribution is -2.41. The van der Waals surface area contributed by atoms with Crippen molar-refractivity contribution < 1.29 is 4.42 Å². The van der Waals surface area contributed by atoms with Gasteiger partial charge in [0.1, 0.15) is 11.3 Å². The molecular formula is C15H22IN3O. The Hall–Kier alpha value is -1.24. The molecule has 110 valence electrons. The summed E-state index contributed by atoms with van der Waals surface area (Å²) in [5.41, 5.74) is 0.921. The van der Waals surface area contributed by atoms with Gasteiger partial charge in [0.25, 0.3) is 0 Å². The maximum atomic E-state index is 5.75. The van der Waals surface area contributed by atoms with Gasteiger partial charge in [0.05, 0.1) is 6.54 Å². The summed E-state index contributed by atoms with van der Waals surface area (Å²) in [5.74, 6) is 1.71. The molecule has 0 saturated carbocycles. The van der Waals surface area contributed by atoms with Crippen LogP contribution in [0.15, 0.2) is 39.7 Å². The quantitative estimate of drug-likeness (QED) is 0.480. The molecule has 0 amide bonds. The van der Waals surface area contributed by atoms with Crippen LogP contribution in [0.1, 0.15) is 26.0 Å². The van der Waals surface area contributed by atoms with Gasteiger partial charge in [-0.05, 0) is 25.5 Å². The van der Waals surface area contributed by atoms with Crippen molar-refractivity contribution in [1.29, 1.82) is 0 Å². The van der Waals surface area contributed by atoms with Gasteiger partial charge in [-0.1, -0.05) is 25.1 Å². The van der Waals surface area contributed by atoms with Crippen molar-refractivity contribution in [1.82, 2.24) is 10.6 Å². The van der Waals surface area contributed by atoms with Crippen LogP contribution >= 0.6 is 24.0 Å². The molecule has 0 aliphatic carbocycles. The highest BCUT2D eigenvalue weighted by molar-refractivity contribution is 14.0. The maximum absolute atomic E-state index is 5.75. The molecule has 1 heterocycles. The SMILES string of the molecule is CCC(C)NC(=NC)NCc1cc2ccccc2o1.I. The minimum Gasteiger partial charge on any atom is -0.459 e. The Balaban J connectivity index is 0.00000200. The molecule has 0 fully saturated rings. The summed E-state index contributed by atoms with van der Waals surface area (Å²) < 4.78 is 5.75. The van der Waals surface area contributed by atoms with Crippen LogP contribution in [0, 0.1) is 0 Å². The van der Waals surface area contributed by atoms with Crippen LogP contribution in [-0.4, -0.2) is 19.0 Å². The normalized spacial score (nSPS) is 12.8. The van der Waals surface area contributed by atoms with Crippen LogP contribution < -0.4 is 10.6 Å². The van der Waals surface area contributed by atoms with Gasteiger partial charge in [0, 0.05) is 18.5 Å². The Morgan fingerprint density at radius 1 is 1.35 bits per heavy atom. The number of rotatable bonds is 4. The molecule has 0 bridgehead atoms. The van der Waals surface area contributed by atoms with Crippen LogP contribution in [0.4, 0.5) is 0 Å². The van der Waals surface area contributed by atoms with Gasteiger partial charge in [0.2, 0.25) is 0 Å². The Morgan fingerprint density at radius 2 is 2.10 bits per heavy atom. The Bertz CT molecular complexity index is 532. The second-order valence-electron chi connectivity index (χ2n) is 4.63. The summed E-state index contributed by atoms with van der Waals surface area (Å²) in [4.78, 5) is 4.20. The third-order valence-electron chi connectivity index (χ3n) is 3.13. The van der Waals surface area contributed by atoms with Gasteiger partial charge in [0.15, 0.2) is 5.96 Å². The summed E-state index contributed by atoms with van der Waals surface area (Å²) in [7, 11) is 1.77. The molecule has 1 atom stereocenters. The molecule has 0 aliphatic heterocycles. The first-order valence-electron chi connectivity index (χ1n) is 6.67. The number of hydrogen-bond donors (Lipinski definition) is 2. The summed E-state index contributed by atoms with van der Waals surface area (Å²) in [6, 6.07) is 10.5. The molecule has 2 rings (SSSR count). The van der Waals surface area contributed by atoms with E-state index in [0.717, 1.165) is 29.1 Å². The largest absolute Gasteiger partial charge is 0.459 e. The van der Waals surface area contributed by atoms with E-state index in [2.05, 4.69) is 41.6 Å². The smallest absolute Gasteiger partial charge is 0.191 e. The van der Waals surface area contributed by atoms with Crippen molar-refractivity contribution in [2.24, 2.45) is 4.99 Å². The molecule has 0 saturated heterocycles. The van der Waals surface area contributed by atoms with Gasteiger partial charge < -0.3 is 15.1 Å². The second kappa shape index (κ2) is 8.14. The predicted octanol–water partition coefficient (Wildman–Crippen LogP) is 3.51. The number of benzene rings is 1. The van der Waals surface area contributed by atoms with Crippen LogP contribution in [0.5, 0.6) is 0 Å². The van der Waals surface area contributed by atoms with Crippen molar-refractivity contribution in [2.45, 2.75) is 32.9 Å². The predicted molar refractivity (Wildman–Crippen MR) is 94.7 cm³/mol. The molecular weight excluding hydrogens is 365 g/mol. The second-order valence-corrected chi connectivity index (χ2v) is 4.63. The zero-order valence-corrected chi connectivity index (χ0v) is 14.5. The molecule has 1 aromatic heterocycles. The lowest BCUT2D eigenvalue weighted by atomic mass is 10.2. The van der Waals surface area contributed by atoms with Crippen molar-refractivity contribution in [3.05, 3.63) is 36.1 Å². The zero-order chi connectivity index (χ0) is 13.7. The van der Waals surface area contributed by atoms with E-state index >= 15 is 0 Å². The fraction of sp³-hybridized carbons (Fsp3) is 0.400. The van der Waals surface area contributed by atoms with Crippen molar-refractivity contribution in [3.63, 3.8) is 0 Å². The van der Waals surface area contributed by atoms with Gasteiger partial charge in [-0.3, -0.25) is 4.99 Å². The van der Waals surface area contributed by atoms with E-state index < -0.39 is 0 Å². The van der Waals surface area contributed by atoms with Crippen molar-refractivity contribution >= 4 is 40.9 Å². The molecule has 1 unspecified atom stereocenters. The molecule has 0 spiro atoms. The first-order valence-corrected chi connectivity index (χ1v) is 6.67. The standard InChI is InChI=1S/C15H21N3O.HI/c1-4-11(2)18-15(16-3)17-10-13-9-12-7-5-6-8-14(12)19-13;/h5-9,11H,4,10H2,1-3H3,(H2,16,17,18);1H. The van der Waals surface area contributed by atoms with Crippen LogP contribution in [0.25, 0.3) is 11.0 Å². The van der Waals surface area contributed by atoms with Crippen LogP contribution in [-0.2, 0) is 6.54 Å². The Kier molecular flexibility index (Phi) is 6.84. The summed E-state index contributed by atoms with van der Waals surface area (Å²) in [5, 5.41) is 7.70. The molecule has 2 N–H and O–H groups in total. The fourth-order valence-electron chi connectivity index (χ4n) is 1.82. The van der Waals surface area contributed by atoms with E-state index in [1.807, 2.05) is 18.2 Å². The number of guanidine groups is 1. The summed E-state index contributed by atoms with van der Waals surface area (Å²) in [6.45, 7) is 4.91. The molecule has 4 nitrogen and oxygen atoms in total. The van der Waals surface area contributed by atoms with Crippen molar-refractivity contribution in [2.75, 3.05) is 7.05 Å². The lowest BCUT2D eigenvalue weighted by Gasteiger charge is -2.15. The molecule has 20 heavy (non-hydrogen) atoms. The molecule has 5 heteroatoms. The molecule has 1 aromatic carbocycles. The van der Waals surface area contributed by atoms with Crippen LogP contribution in [0.3, 0.4) is 0 Å². The number of furan rings is 1. The number of nitrogens with zero attached hydrogens (tertiary/aromatic N) is 1. The van der Waals surface area contributed by atoms with Gasteiger partial charge in [-0.15, -0.1) is 24.0 Å². The third-order valence-corrected chi connectivity index (χ3v) is 3.13. The number of fused-ring (bicyclic) bond motifs is 1. The van der Waals surface area contributed by atoms with Gasteiger partial charge in [-0.2, -0.15) is 0 Å². The third kappa shape index (κ3) is 4.40. The first-order chi connectivity index (χ1) is 9.22. The number of hydrogen-bond acceptors (Lipinski definition) is 2. The summed E-state index contributed by atoms with van der Waals surface area (Å²) in [6.07, 6.45) is 1.06. The molecule has 0 aliphatic rings. The monoisotopic (exact) mass is 387 g/mol. The van der Waals surface area contributed by atoms with Crippen molar-refractivity contribution in [3.8, 4) is 0 Å². The summed E-state index contributed by atoms with van der Waals surface area (Å²) >= 11 is 0. The highest BCUT2D eigenvalue weighted by Gasteiger charge is 2.05. The minimum atomic E-state index is 0. The minimum absolute atomic E-state index is 0.